The molecule has 1 atom stereocenters. The molecule has 0 bridgehead atoms. The topological polar surface area (TPSA) is 26.3 Å². The molecule has 0 aromatic rings. The van der Waals surface area contributed by atoms with Crippen molar-refractivity contribution in [2.75, 3.05) is 6.61 Å². The molecule has 2 heteroatoms. The van der Waals surface area contributed by atoms with Crippen LogP contribution in [0.2, 0.25) is 0 Å². The highest BCUT2D eigenvalue weighted by Crippen LogP contribution is 2.44. The summed E-state index contributed by atoms with van der Waals surface area (Å²) in [5.74, 6) is 1.24. The van der Waals surface area contributed by atoms with Crippen LogP contribution in [0.3, 0.4) is 0 Å². The maximum absolute atomic E-state index is 11.1. The van der Waals surface area contributed by atoms with Crippen molar-refractivity contribution in [2.45, 2.75) is 73.6 Å². The summed E-state index contributed by atoms with van der Waals surface area (Å²) in [6.45, 7) is 13.4. The molecule has 0 spiro atoms. The lowest BCUT2D eigenvalue weighted by molar-refractivity contribution is -0.147. The number of hydrogen-bond donors (Lipinski definition) is 0. The Morgan fingerprint density at radius 2 is 1.50 bits per heavy atom. The summed E-state index contributed by atoms with van der Waals surface area (Å²) >= 11 is 0. The van der Waals surface area contributed by atoms with E-state index in [0.717, 1.165) is 18.8 Å². The molecule has 0 aromatic heterocycles. The summed E-state index contributed by atoms with van der Waals surface area (Å²) in [5, 5.41) is 0. The number of ether oxygens (including phenoxy) is 1. The summed E-state index contributed by atoms with van der Waals surface area (Å²) in [4.78, 5) is 11.1. The standard InChI is InChI=1S/C16H32O2/c1-7-14(8-2)15(9-3)16(10-4,11-5)12-18-13(6)17/h14-15H,7-12H2,1-6H3. The van der Waals surface area contributed by atoms with Crippen LogP contribution in [-0.4, -0.2) is 12.6 Å². The van der Waals surface area contributed by atoms with Crippen LogP contribution in [-0.2, 0) is 9.53 Å². The highest BCUT2D eigenvalue weighted by Gasteiger charge is 2.39. The molecule has 108 valence electrons. The van der Waals surface area contributed by atoms with Gasteiger partial charge in [-0.15, -0.1) is 0 Å². The SMILES string of the molecule is CCC(CC)C(CC)C(CC)(CC)COC(C)=O. The number of esters is 1. The Morgan fingerprint density at radius 3 is 1.78 bits per heavy atom. The van der Waals surface area contributed by atoms with Crippen LogP contribution < -0.4 is 0 Å². The molecule has 1 unspecified atom stereocenters. The minimum absolute atomic E-state index is 0.152. The van der Waals surface area contributed by atoms with Gasteiger partial charge in [0.25, 0.3) is 0 Å². The van der Waals surface area contributed by atoms with Crippen LogP contribution >= 0.6 is 0 Å². The van der Waals surface area contributed by atoms with Crippen LogP contribution in [0.4, 0.5) is 0 Å². The predicted molar refractivity (Wildman–Crippen MR) is 77.5 cm³/mol. The van der Waals surface area contributed by atoms with Crippen LogP contribution in [0.25, 0.3) is 0 Å². The van der Waals surface area contributed by atoms with Gasteiger partial charge in [0.05, 0.1) is 6.61 Å². The number of carbonyl (C=O) groups is 1. The van der Waals surface area contributed by atoms with Crippen molar-refractivity contribution in [1.82, 2.24) is 0 Å². The molecular weight excluding hydrogens is 224 g/mol. The molecule has 0 heterocycles. The van der Waals surface area contributed by atoms with Crippen molar-refractivity contribution in [3.63, 3.8) is 0 Å². The summed E-state index contributed by atoms with van der Waals surface area (Å²) in [6.07, 6.45) is 5.79. The van der Waals surface area contributed by atoms with E-state index in [2.05, 4.69) is 34.6 Å². The van der Waals surface area contributed by atoms with Gasteiger partial charge in [-0.2, -0.15) is 0 Å². The lowest BCUT2D eigenvalue weighted by Crippen LogP contribution is -2.38. The fraction of sp³-hybridized carbons (Fsp3) is 0.938. The second-order valence-corrected chi connectivity index (χ2v) is 5.44. The van der Waals surface area contributed by atoms with E-state index >= 15 is 0 Å². The summed E-state index contributed by atoms with van der Waals surface area (Å²) in [6, 6.07) is 0. The largest absolute Gasteiger partial charge is 0.465 e. The molecular formula is C16H32O2. The van der Waals surface area contributed by atoms with E-state index in [1.807, 2.05) is 0 Å². The second kappa shape index (κ2) is 8.55. The molecule has 0 radical (unpaired) electrons. The number of carbonyl (C=O) groups excluding carboxylic acids is 1. The van der Waals surface area contributed by atoms with Gasteiger partial charge < -0.3 is 4.74 Å². The molecule has 0 N–H and O–H groups in total. The average Bonchev–Trinajstić information content (AvgIpc) is 2.38. The first-order valence-electron chi connectivity index (χ1n) is 7.64. The quantitative estimate of drug-likeness (QED) is 0.553. The van der Waals surface area contributed by atoms with Crippen molar-refractivity contribution in [2.24, 2.45) is 17.3 Å². The van der Waals surface area contributed by atoms with Gasteiger partial charge in [-0.1, -0.05) is 53.9 Å². The number of hydrogen-bond acceptors (Lipinski definition) is 2. The van der Waals surface area contributed by atoms with E-state index in [9.17, 15) is 4.79 Å². The van der Waals surface area contributed by atoms with Crippen LogP contribution in [0.5, 0.6) is 0 Å². The van der Waals surface area contributed by atoms with Crippen LogP contribution in [0.1, 0.15) is 73.6 Å². The molecule has 0 aliphatic rings. The zero-order valence-corrected chi connectivity index (χ0v) is 13.2. The van der Waals surface area contributed by atoms with Gasteiger partial charge in [0, 0.05) is 12.3 Å². The Hall–Kier alpha value is -0.530. The maximum atomic E-state index is 11.1. The van der Waals surface area contributed by atoms with Gasteiger partial charge in [-0.25, -0.2) is 0 Å². The average molecular weight is 256 g/mol. The van der Waals surface area contributed by atoms with E-state index in [4.69, 9.17) is 4.74 Å². The Kier molecular flexibility index (Phi) is 8.30. The third kappa shape index (κ3) is 4.29. The van der Waals surface area contributed by atoms with Gasteiger partial charge in [0.2, 0.25) is 0 Å². The minimum atomic E-state index is -0.152. The van der Waals surface area contributed by atoms with Crippen molar-refractivity contribution < 1.29 is 9.53 Å². The smallest absolute Gasteiger partial charge is 0.302 e. The molecule has 0 aromatic carbocycles. The predicted octanol–water partition coefficient (Wildman–Crippen LogP) is 4.82. The lowest BCUT2D eigenvalue weighted by Gasteiger charge is -2.42. The Morgan fingerprint density at radius 1 is 1.00 bits per heavy atom. The Labute approximate surface area is 113 Å². The first-order chi connectivity index (χ1) is 8.51. The zero-order valence-electron chi connectivity index (χ0n) is 13.2. The van der Waals surface area contributed by atoms with Crippen molar-refractivity contribution in [3.05, 3.63) is 0 Å². The normalized spacial score (nSPS) is 13.7. The van der Waals surface area contributed by atoms with E-state index in [1.165, 1.54) is 26.2 Å². The first kappa shape index (κ1) is 17.5. The maximum Gasteiger partial charge on any atom is 0.302 e. The van der Waals surface area contributed by atoms with E-state index in [0.29, 0.717) is 12.5 Å². The molecule has 0 aliphatic carbocycles. The second-order valence-electron chi connectivity index (χ2n) is 5.44. The lowest BCUT2D eigenvalue weighted by atomic mass is 9.64. The van der Waals surface area contributed by atoms with E-state index < -0.39 is 0 Å². The molecule has 0 rings (SSSR count). The fourth-order valence-electron chi connectivity index (χ4n) is 3.45. The number of rotatable bonds is 9. The summed E-state index contributed by atoms with van der Waals surface area (Å²) < 4.78 is 5.37. The van der Waals surface area contributed by atoms with Crippen LogP contribution in [0.15, 0.2) is 0 Å². The minimum Gasteiger partial charge on any atom is -0.465 e. The van der Waals surface area contributed by atoms with Crippen LogP contribution in [0, 0.1) is 17.3 Å². The Balaban J connectivity index is 5.05. The van der Waals surface area contributed by atoms with Gasteiger partial charge in [-0.05, 0) is 24.7 Å². The fourth-order valence-corrected chi connectivity index (χ4v) is 3.45. The highest BCUT2D eigenvalue weighted by molar-refractivity contribution is 5.65. The van der Waals surface area contributed by atoms with E-state index in [-0.39, 0.29) is 11.4 Å². The summed E-state index contributed by atoms with van der Waals surface area (Å²) in [5.41, 5.74) is 0.164. The third-order valence-electron chi connectivity index (χ3n) is 4.82. The summed E-state index contributed by atoms with van der Waals surface area (Å²) in [7, 11) is 0. The van der Waals surface area contributed by atoms with Gasteiger partial charge in [0.1, 0.15) is 0 Å². The molecule has 0 fully saturated rings. The van der Waals surface area contributed by atoms with Crippen molar-refractivity contribution in [1.29, 1.82) is 0 Å². The highest BCUT2D eigenvalue weighted by atomic mass is 16.5. The van der Waals surface area contributed by atoms with Gasteiger partial charge >= 0.3 is 5.97 Å². The molecule has 0 amide bonds. The molecule has 18 heavy (non-hydrogen) atoms. The molecule has 0 saturated carbocycles. The monoisotopic (exact) mass is 256 g/mol. The van der Waals surface area contributed by atoms with E-state index in [1.54, 1.807) is 0 Å². The third-order valence-corrected chi connectivity index (χ3v) is 4.82. The van der Waals surface area contributed by atoms with Gasteiger partial charge in [0.15, 0.2) is 0 Å². The molecule has 0 saturated heterocycles. The Bertz CT molecular complexity index is 227. The van der Waals surface area contributed by atoms with Crippen molar-refractivity contribution >= 4 is 5.97 Å². The molecule has 0 aliphatic heterocycles. The zero-order chi connectivity index (χ0) is 14.2. The molecule has 2 nitrogen and oxygen atoms in total. The van der Waals surface area contributed by atoms with Crippen molar-refractivity contribution in [3.8, 4) is 0 Å². The van der Waals surface area contributed by atoms with Gasteiger partial charge in [-0.3, -0.25) is 4.79 Å². The first-order valence-corrected chi connectivity index (χ1v) is 7.64.